The number of hydrogen-bond acceptors (Lipinski definition) is 8. The fraction of sp³-hybridized carbons (Fsp3) is 0.370. The minimum absolute atomic E-state index is 0.156. The lowest BCUT2D eigenvalue weighted by atomic mass is 9.91. The second-order valence-corrected chi connectivity index (χ2v) is 12.0. The zero-order chi connectivity index (χ0) is 28.2. The fourth-order valence-corrected chi connectivity index (χ4v) is 6.33. The SMILES string of the molecule is COc1nc(CS(=O)(=O)c2ccc(F)c(F)c2Cl)ccc1/C=C/c1cnc(NC2CCC(N(C)C)CC2)nc1. The van der Waals surface area contributed by atoms with Crippen molar-refractivity contribution in [1.29, 1.82) is 0 Å². The number of pyridine rings is 1. The minimum Gasteiger partial charge on any atom is -0.481 e. The molecule has 0 spiro atoms. The van der Waals surface area contributed by atoms with Gasteiger partial charge in [-0.1, -0.05) is 17.7 Å². The van der Waals surface area contributed by atoms with Gasteiger partial charge < -0.3 is 15.0 Å². The van der Waals surface area contributed by atoms with E-state index >= 15 is 0 Å². The molecule has 12 heteroatoms. The Kier molecular flexibility index (Phi) is 9.14. The third-order valence-corrected chi connectivity index (χ3v) is 8.87. The molecule has 2 aromatic heterocycles. The highest BCUT2D eigenvalue weighted by molar-refractivity contribution is 7.90. The van der Waals surface area contributed by atoms with Crippen molar-refractivity contribution in [3.63, 3.8) is 0 Å². The van der Waals surface area contributed by atoms with Gasteiger partial charge in [0.2, 0.25) is 11.8 Å². The molecule has 0 unspecified atom stereocenters. The average Bonchev–Trinajstić information content (AvgIpc) is 2.91. The Labute approximate surface area is 232 Å². The molecule has 8 nitrogen and oxygen atoms in total. The topological polar surface area (TPSA) is 97.3 Å². The monoisotopic (exact) mass is 577 g/mol. The molecule has 0 atom stereocenters. The van der Waals surface area contributed by atoms with Gasteiger partial charge in [-0.3, -0.25) is 0 Å². The van der Waals surface area contributed by atoms with Crippen LogP contribution in [0.15, 0.2) is 41.6 Å². The Bertz CT molecular complexity index is 1440. The quantitative estimate of drug-likeness (QED) is 0.272. The van der Waals surface area contributed by atoms with Crippen LogP contribution < -0.4 is 10.1 Å². The van der Waals surface area contributed by atoms with Gasteiger partial charge in [0.15, 0.2) is 21.5 Å². The summed E-state index contributed by atoms with van der Waals surface area (Å²) in [5.41, 5.74) is 1.52. The molecule has 0 aliphatic heterocycles. The number of rotatable bonds is 9. The van der Waals surface area contributed by atoms with Crippen molar-refractivity contribution >= 4 is 39.5 Å². The van der Waals surface area contributed by atoms with E-state index in [1.165, 1.54) is 13.2 Å². The van der Waals surface area contributed by atoms with Gasteiger partial charge in [0.25, 0.3) is 0 Å². The van der Waals surface area contributed by atoms with Crippen LogP contribution in [0.4, 0.5) is 14.7 Å². The van der Waals surface area contributed by atoms with Crippen LogP contribution in [-0.2, 0) is 15.6 Å². The number of anilines is 1. The van der Waals surface area contributed by atoms with E-state index in [2.05, 4.69) is 39.3 Å². The molecule has 0 radical (unpaired) electrons. The molecule has 1 aromatic carbocycles. The first-order valence-corrected chi connectivity index (χ1v) is 14.4. The van der Waals surface area contributed by atoms with Gasteiger partial charge in [-0.25, -0.2) is 32.2 Å². The van der Waals surface area contributed by atoms with Gasteiger partial charge in [-0.15, -0.1) is 0 Å². The normalized spacial score (nSPS) is 18.0. The second-order valence-electron chi connectivity index (χ2n) is 9.62. The number of nitrogens with zero attached hydrogens (tertiary/aromatic N) is 4. The summed E-state index contributed by atoms with van der Waals surface area (Å²) in [7, 11) is 1.56. The summed E-state index contributed by atoms with van der Waals surface area (Å²) in [4.78, 5) is 14.9. The van der Waals surface area contributed by atoms with E-state index in [9.17, 15) is 17.2 Å². The first-order chi connectivity index (χ1) is 18.6. The number of aromatic nitrogens is 3. The van der Waals surface area contributed by atoms with Gasteiger partial charge in [-0.05, 0) is 70.1 Å². The number of nitrogens with one attached hydrogen (secondary N) is 1. The molecule has 3 aromatic rings. The van der Waals surface area contributed by atoms with E-state index in [0.29, 0.717) is 23.6 Å². The van der Waals surface area contributed by atoms with Gasteiger partial charge in [-0.2, -0.15) is 0 Å². The van der Waals surface area contributed by atoms with Crippen LogP contribution in [0.3, 0.4) is 0 Å². The Hall–Kier alpha value is -3.15. The van der Waals surface area contributed by atoms with Crippen LogP contribution in [0.1, 0.15) is 42.5 Å². The number of halogens is 3. The van der Waals surface area contributed by atoms with E-state index in [1.54, 1.807) is 30.6 Å². The summed E-state index contributed by atoms with van der Waals surface area (Å²) in [5, 5.41) is 2.62. The van der Waals surface area contributed by atoms with Crippen molar-refractivity contribution in [2.75, 3.05) is 26.5 Å². The first-order valence-electron chi connectivity index (χ1n) is 12.4. The third-order valence-electron chi connectivity index (χ3n) is 6.70. The summed E-state index contributed by atoms with van der Waals surface area (Å²) in [5.74, 6) is -2.43. The van der Waals surface area contributed by atoms with Gasteiger partial charge in [0.1, 0.15) is 0 Å². The maximum Gasteiger partial charge on any atom is 0.222 e. The Morgan fingerprint density at radius 1 is 1.08 bits per heavy atom. The molecule has 1 aliphatic rings. The van der Waals surface area contributed by atoms with Crippen LogP contribution in [0.25, 0.3) is 12.2 Å². The minimum atomic E-state index is -4.10. The molecule has 0 saturated heterocycles. The summed E-state index contributed by atoms with van der Waals surface area (Å²) < 4.78 is 58.1. The Morgan fingerprint density at radius 2 is 1.77 bits per heavy atom. The molecular formula is C27H30ClF2N5O3S. The van der Waals surface area contributed by atoms with Gasteiger partial charge in [0, 0.05) is 35.6 Å². The van der Waals surface area contributed by atoms with E-state index in [-0.39, 0.29) is 11.6 Å². The number of benzene rings is 1. The van der Waals surface area contributed by atoms with Crippen LogP contribution in [-0.4, -0.2) is 61.6 Å². The largest absolute Gasteiger partial charge is 0.481 e. The van der Waals surface area contributed by atoms with E-state index in [4.69, 9.17) is 16.3 Å². The molecule has 2 heterocycles. The lowest BCUT2D eigenvalue weighted by Crippen LogP contribution is -2.36. The Balaban J connectivity index is 1.41. The van der Waals surface area contributed by atoms with E-state index < -0.39 is 37.1 Å². The van der Waals surface area contributed by atoms with Crippen LogP contribution >= 0.6 is 11.6 Å². The average molecular weight is 578 g/mol. The van der Waals surface area contributed by atoms with Crippen LogP contribution in [0, 0.1) is 11.6 Å². The summed E-state index contributed by atoms with van der Waals surface area (Å²) in [6.07, 6.45) is 11.4. The van der Waals surface area contributed by atoms with Crippen molar-refractivity contribution < 1.29 is 21.9 Å². The highest BCUT2D eigenvalue weighted by atomic mass is 35.5. The highest BCUT2D eigenvalue weighted by Gasteiger charge is 2.24. The maximum atomic E-state index is 13.8. The summed E-state index contributed by atoms with van der Waals surface area (Å²) >= 11 is 5.74. The van der Waals surface area contributed by atoms with Crippen LogP contribution in [0.5, 0.6) is 5.88 Å². The lowest BCUT2D eigenvalue weighted by molar-refractivity contribution is 0.221. The van der Waals surface area contributed by atoms with Gasteiger partial charge in [0.05, 0.1) is 28.5 Å². The standard InChI is InChI=1S/C27H30ClF2N5O3S/c1-35(2)21-10-8-19(9-11-21)34-27-31-14-17(15-32-27)4-5-18-6-7-20(33-26(18)38-3)16-39(36,37)23-13-12-22(29)25(30)24(23)28/h4-7,12-15,19,21H,8-11,16H2,1-3H3,(H,31,32,34)/b5-4+. The van der Waals surface area contributed by atoms with Crippen molar-refractivity contribution in [3.8, 4) is 5.88 Å². The molecule has 1 aliphatic carbocycles. The molecule has 1 saturated carbocycles. The van der Waals surface area contributed by atoms with Gasteiger partial charge >= 0.3 is 0 Å². The lowest BCUT2D eigenvalue weighted by Gasteiger charge is -2.32. The molecular weight excluding hydrogens is 548 g/mol. The van der Waals surface area contributed by atoms with Crippen molar-refractivity contribution in [2.24, 2.45) is 0 Å². The highest BCUT2D eigenvalue weighted by Crippen LogP contribution is 2.29. The number of sulfone groups is 1. The summed E-state index contributed by atoms with van der Waals surface area (Å²) in [6.45, 7) is 0. The smallest absolute Gasteiger partial charge is 0.222 e. The summed E-state index contributed by atoms with van der Waals surface area (Å²) in [6, 6.07) is 5.81. The predicted octanol–water partition coefficient (Wildman–Crippen LogP) is 5.24. The fourth-order valence-electron chi connectivity index (χ4n) is 4.48. The zero-order valence-electron chi connectivity index (χ0n) is 21.9. The molecule has 208 valence electrons. The van der Waals surface area contributed by atoms with Crippen LogP contribution in [0.2, 0.25) is 5.02 Å². The maximum absolute atomic E-state index is 13.8. The number of ether oxygens (including phenoxy) is 1. The van der Waals surface area contributed by atoms with E-state index in [0.717, 1.165) is 43.4 Å². The molecule has 1 fully saturated rings. The molecule has 0 bridgehead atoms. The molecule has 0 amide bonds. The van der Waals surface area contributed by atoms with E-state index in [1.807, 2.05) is 0 Å². The molecule has 1 N–H and O–H groups in total. The van der Waals surface area contributed by atoms with Crippen molar-refractivity contribution in [2.45, 2.75) is 48.4 Å². The number of hydrogen-bond donors (Lipinski definition) is 1. The van der Waals surface area contributed by atoms with Crippen molar-refractivity contribution in [1.82, 2.24) is 19.9 Å². The first kappa shape index (κ1) is 28.8. The Morgan fingerprint density at radius 3 is 2.41 bits per heavy atom. The zero-order valence-corrected chi connectivity index (χ0v) is 23.4. The molecule has 39 heavy (non-hydrogen) atoms. The van der Waals surface area contributed by atoms with Crippen molar-refractivity contribution in [3.05, 3.63) is 70.1 Å². The number of methoxy groups -OCH3 is 1. The third kappa shape index (κ3) is 7.09. The second kappa shape index (κ2) is 12.4. The molecule has 4 rings (SSSR count). The predicted molar refractivity (Wildman–Crippen MR) is 147 cm³/mol.